The van der Waals surface area contributed by atoms with Gasteiger partial charge >= 0.3 is 0 Å². The number of nitrogens with one attached hydrogen (secondary N) is 1. The minimum absolute atomic E-state index is 0.241. The van der Waals surface area contributed by atoms with Gasteiger partial charge in [-0.2, -0.15) is 0 Å². The summed E-state index contributed by atoms with van der Waals surface area (Å²) in [6.07, 6.45) is 3.30. The van der Waals surface area contributed by atoms with Crippen LogP contribution in [-0.2, 0) is 6.42 Å². The quantitative estimate of drug-likeness (QED) is 0.741. The Bertz CT molecular complexity index is 959. The number of hydrogen-bond donors (Lipinski definition) is 2. The van der Waals surface area contributed by atoms with E-state index in [2.05, 4.69) is 15.3 Å². The summed E-state index contributed by atoms with van der Waals surface area (Å²) >= 11 is 0. The van der Waals surface area contributed by atoms with Crippen LogP contribution in [0.4, 0.5) is 4.39 Å². The summed E-state index contributed by atoms with van der Waals surface area (Å²) < 4.78 is 19.1. The highest BCUT2D eigenvalue weighted by atomic mass is 19.1. The first kappa shape index (κ1) is 17.8. The zero-order valence-corrected chi connectivity index (χ0v) is 15.3. The molecule has 2 heterocycles. The topological polar surface area (TPSA) is 67.3 Å². The van der Waals surface area contributed by atoms with Crippen LogP contribution in [0.3, 0.4) is 0 Å². The molecule has 0 saturated heterocycles. The fraction of sp³-hybridized carbons (Fsp3) is 0.333. The van der Waals surface area contributed by atoms with Crippen LogP contribution in [0, 0.1) is 5.82 Å². The molecule has 1 aliphatic rings. The molecule has 140 valence electrons. The van der Waals surface area contributed by atoms with Crippen LogP contribution >= 0.6 is 0 Å². The summed E-state index contributed by atoms with van der Waals surface area (Å²) in [7, 11) is 0. The van der Waals surface area contributed by atoms with Crippen LogP contribution in [0.2, 0.25) is 0 Å². The van der Waals surface area contributed by atoms with Gasteiger partial charge in [0.25, 0.3) is 0 Å². The Kier molecular flexibility index (Phi) is 4.53. The second-order valence-electron chi connectivity index (χ2n) is 7.39. The van der Waals surface area contributed by atoms with Crippen LogP contribution in [0.1, 0.15) is 31.0 Å². The largest absolute Gasteiger partial charge is 0.485 e. The molecule has 1 aliphatic heterocycles. The number of rotatable bonds is 4. The highest BCUT2D eigenvalue weighted by Crippen LogP contribution is 2.41. The summed E-state index contributed by atoms with van der Waals surface area (Å²) in [6, 6.07) is 9.97. The second-order valence-corrected chi connectivity index (χ2v) is 7.39. The molecule has 0 fully saturated rings. The van der Waals surface area contributed by atoms with Crippen molar-refractivity contribution in [2.75, 3.05) is 6.54 Å². The van der Waals surface area contributed by atoms with Gasteiger partial charge in [-0.3, -0.25) is 9.97 Å². The predicted octanol–water partition coefficient (Wildman–Crippen LogP) is 3.17. The third-order valence-corrected chi connectivity index (χ3v) is 5.03. The van der Waals surface area contributed by atoms with E-state index in [-0.39, 0.29) is 11.9 Å². The van der Waals surface area contributed by atoms with Crippen LogP contribution < -0.4 is 10.1 Å². The fourth-order valence-electron chi connectivity index (χ4n) is 3.50. The molecule has 0 bridgehead atoms. The van der Waals surface area contributed by atoms with Gasteiger partial charge in [-0.1, -0.05) is 12.1 Å². The van der Waals surface area contributed by atoms with Gasteiger partial charge in [0, 0.05) is 24.0 Å². The molecule has 0 amide bonds. The minimum Gasteiger partial charge on any atom is -0.485 e. The Hall–Kier alpha value is -2.57. The van der Waals surface area contributed by atoms with Crippen LogP contribution in [-0.4, -0.2) is 33.3 Å². The summed E-state index contributed by atoms with van der Waals surface area (Å²) in [5.74, 6) is 0.466. The number of aliphatic hydroxyl groups is 1. The molecule has 0 radical (unpaired) electrons. The van der Waals surface area contributed by atoms with E-state index in [1.54, 1.807) is 24.5 Å². The molecule has 0 saturated carbocycles. The molecular weight excluding hydrogens is 345 g/mol. The molecule has 5 nitrogen and oxygen atoms in total. The van der Waals surface area contributed by atoms with Gasteiger partial charge in [-0.25, -0.2) is 4.39 Å². The fourth-order valence-corrected chi connectivity index (χ4v) is 3.50. The first-order chi connectivity index (χ1) is 12.9. The number of nitrogens with zero attached hydrogens (tertiary/aromatic N) is 2. The Balaban J connectivity index is 1.60. The van der Waals surface area contributed by atoms with Gasteiger partial charge in [-0.05, 0) is 50.6 Å². The van der Waals surface area contributed by atoms with Gasteiger partial charge in [-0.15, -0.1) is 0 Å². The molecule has 2 atom stereocenters. The lowest BCUT2D eigenvalue weighted by molar-refractivity contribution is -0.0642. The Morgan fingerprint density at radius 1 is 1.11 bits per heavy atom. The number of fused-ring (bicyclic) bond motifs is 2. The van der Waals surface area contributed by atoms with Crippen molar-refractivity contribution >= 4 is 11.0 Å². The van der Waals surface area contributed by atoms with Crippen molar-refractivity contribution in [1.29, 1.82) is 0 Å². The van der Waals surface area contributed by atoms with Crippen molar-refractivity contribution in [3.05, 3.63) is 65.7 Å². The van der Waals surface area contributed by atoms with Gasteiger partial charge in [0.05, 0.1) is 17.1 Å². The van der Waals surface area contributed by atoms with Crippen molar-refractivity contribution in [3.63, 3.8) is 0 Å². The smallest absolute Gasteiger partial charge is 0.131 e. The van der Waals surface area contributed by atoms with E-state index < -0.39 is 11.7 Å². The maximum Gasteiger partial charge on any atom is 0.131 e. The number of aliphatic hydroxyl groups excluding tert-OH is 1. The van der Waals surface area contributed by atoms with E-state index in [0.29, 0.717) is 12.3 Å². The molecule has 2 N–H and O–H groups in total. The summed E-state index contributed by atoms with van der Waals surface area (Å²) in [6.45, 7) is 4.38. The van der Waals surface area contributed by atoms with Crippen LogP contribution in [0.25, 0.3) is 11.0 Å². The van der Waals surface area contributed by atoms with Gasteiger partial charge in [0.1, 0.15) is 23.3 Å². The first-order valence-electron chi connectivity index (χ1n) is 9.03. The molecule has 0 aliphatic carbocycles. The number of hydrogen-bond acceptors (Lipinski definition) is 5. The molecule has 0 spiro atoms. The Morgan fingerprint density at radius 2 is 1.78 bits per heavy atom. The van der Waals surface area contributed by atoms with Crippen LogP contribution in [0.5, 0.6) is 5.75 Å². The molecule has 27 heavy (non-hydrogen) atoms. The SMILES string of the molecule is CC1(C)Oc2cc3nccnc3cc2C(NCCc2ccc(F)cc2)[C@H]1O. The Labute approximate surface area is 157 Å². The van der Waals surface area contributed by atoms with Gasteiger partial charge < -0.3 is 15.2 Å². The zero-order chi connectivity index (χ0) is 19.0. The molecule has 1 aromatic heterocycles. The lowest BCUT2D eigenvalue weighted by atomic mass is 9.86. The standard InChI is InChI=1S/C21H22FN3O2/c1-21(2)20(26)19(25-8-7-13-3-5-14(22)6-4-13)15-11-16-17(12-18(15)27-21)24-10-9-23-16/h3-6,9-12,19-20,25-26H,7-8H2,1-2H3/t19?,20-/m1/s1. The normalized spacial score (nSPS) is 20.9. The summed E-state index contributed by atoms with van der Waals surface area (Å²) in [4.78, 5) is 8.69. The van der Waals surface area contributed by atoms with Crippen molar-refractivity contribution in [2.24, 2.45) is 0 Å². The van der Waals surface area contributed by atoms with Crippen LogP contribution in [0.15, 0.2) is 48.8 Å². The Morgan fingerprint density at radius 3 is 2.48 bits per heavy atom. The van der Waals surface area contributed by atoms with Crippen molar-refractivity contribution in [3.8, 4) is 5.75 Å². The van der Waals surface area contributed by atoms with Crippen molar-refractivity contribution < 1.29 is 14.2 Å². The van der Waals surface area contributed by atoms with Gasteiger partial charge in [0.15, 0.2) is 0 Å². The van der Waals surface area contributed by atoms with E-state index in [4.69, 9.17) is 4.74 Å². The monoisotopic (exact) mass is 367 g/mol. The lowest BCUT2D eigenvalue weighted by Crippen LogP contribution is -2.52. The van der Waals surface area contributed by atoms with Crippen molar-refractivity contribution in [2.45, 2.75) is 38.0 Å². The average Bonchev–Trinajstić information content (AvgIpc) is 2.65. The van der Waals surface area contributed by atoms with E-state index in [0.717, 1.165) is 28.6 Å². The highest BCUT2D eigenvalue weighted by molar-refractivity contribution is 5.77. The number of halogens is 1. The second kappa shape index (κ2) is 6.87. The molecule has 1 unspecified atom stereocenters. The molecule has 4 rings (SSSR count). The van der Waals surface area contributed by atoms with Crippen molar-refractivity contribution in [1.82, 2.24) is 15.3 Å². The first-order valence-corrected chi connectivity index (χ1v) is 9.03. The van der Waals surface area contributed by atoms with Gasteiger partial charge in [0.2, 0.25) is 0 Å². The maximum absolute atomic E-state index is 13.1. The predicted molar refractivity (Wildman–Crippen MR) is 101 cm³/mol. The minimum atomic E-state index is -0.740. The number of benzene rings is 2. The third kappa shape index (κ3) is 3.50. The number of ether oxygens (including phenoxy) is 1. The highest BCUT2D eigenvalue weighted by Gasteiger charge is 2.42. The summed E-state index contributed by atoms with van der Waals surface area (Å²) in [5.41, 5.74) is 2.69. The van der Waals surface area contributed by atoms with E-state index in [1.165, 1.54) is 12.1 Å². The van der Waals surface area contributed by atoms with E-state index >= 15 is 0 Å². The number of aromatic nitrogens is 2. The third-order valence-electron chi connectivity index (χ3n) is 5.03. The zero-order valence-electron chi connectivity index (χ0n) is 15.3. The molecule has 2 aromatic carbocycles. The molecule has 3 aromatic rings. The van der Waals surface area contributed by atoms with E-state index in [1.807, 2.05) is 26.0 Å². The maximum atomic E-state index is 13.1. The summed E-state index contributed by atoms with van der Waals surface area (Å²) in [5, 5.41) is 14.3. The average molecular weight is 367 g/mol. The molecule has 6 heteroatoms. The lowest BCUT2D eigenvalue weighted by Gasteiger charge is -2.42. The molecular formula is C21H22FN3O2. The van der Waals surface area contributed by atoms with E-state index in [9.17, 15) is 9.50 Å².